The number of benzene rings is 2. The lowest BCUT2D eigenvalue weighted by molar-refractivity contribution is -2.00. The van der Waals surface area contributed by atoms with Crippen LogP contribution >= 0.6 is 11.6 Å². The first-order chi connectivity index (χ1) is 12.6. The van der Waals surface area contributed by atoms with E-state index in [4.69, 9.17) is 30.2 Å². The lowest BCUT2D eigenvalue weighted by atomic mass is 9.96. The zero-order valence-electron chi connectivity index (χ0n) is 14.8. The number of hydrogen-bond acceptors (Lipinski definition) is 4. The molecule has 0 spiro atoms. The second-order valence-corrected chi connectivity index (χ2v) is 7.26. The van der Waals surface area contributed by atoms with Gasteiger partial charge in [-0.2, -0.15) is 4.57 Å². The maximum absolute atomic E-state index is 8.49. The molecule has 5 nitrogen and oxygen atoms in total. The van der Waals surface area contributed by atoms with Gasteiger partial charge in [-0.3, -0.25) is 0 Å². The summed E-state index contributed by atoms with van der Waals surface area (Å²) in [5, 5.41) is 0.753. The molecular weight excluding hydrogens is 389 g/mol. The molecule has 1 heterocycles. The van der Waals surface area contributed by atoms with Crippen molar-refractivity contribution < 1.29 is 33.4 Å². The predicted octanol–water partition coefficient (Wildman–Crippen LogP) is 0.126. The van der Waals surface area contributed by atoms with Crippen molar-refractivity contribution in [3.63, 3.8) is 0 Å². The fourth-order valence-electron chi connectivity index (χ4n) is 2.63. The zero-order valence-corrected chi connectivity index (χ0v) is 16.4. The van der Waals surface area contributed by atoms with Gasteiger partial charge < -0.3 is 0 Å². The van der Waals surface area contributed by atoms with Crippen LogP contribution in [0.2, 0.25) is 5.02 Å². The summed E-state index contributed by atoms with van der Waals surface area (Å²) in [6, 6.07) is 21.4. The fourth-order valence-corrected chi connectivity index (χ4v) is 2.74. The Bertz CT molecular complexity index is 731. The van der Waals surface area contributed by atoms with Gasteiger partial charge in [0.15, 0.2) is 12.4 Å². The van der Waals surface area contributed by atoms with Gasteiger partial charge in [0.25, 0.3) is 0 Å². The minimum atomic E-state index is -4.94. The van der Waals surface area contributed by atoms with Gasteiger partial charge in [-0.15, -0.1) is 10.2 Å². The second kappa shape index (κ2) is 9.28. The maximum Gasteiger partial charge on any atom is 0.208 e. The molecule has 0 amide bonds. The Morgan fingerprint density at radius 2 is 1.04 bits per heavy atom. The van der Waals surface area contributed by atoms with Crippen molar-refractivity contribution in [1.29, 1.82) is 0 Å². The van der Waals surface area contributed by atoms with Gasteiger partial charge in [-0.05, 0) is 13.8 Å². The number of hydrogen-bond donors (Lipinski definition) is 0. The average Bonchev–Trinajstić information content (AvgIpc) is 2.59. The highest BCUT2D eigenvalue weighted by Crippen LogP contribution is 2.23. The third-order valence-electron chi connectivity index (χ3n) is 3.90. The molecule has 3 aromatic rings. The van der Waals surface area contributed by atoms with Crippen molar-refractivity contribution in [2.75, 3.05) is 0 Å². The molecule has 27 heavy (non-hydrogen) atoms. The van der Waals surface area contributed by atoms with E-state index in [0.717, 1.165) is 5.02 Å². The minimum Gasteiger partial charge on any atom is -0.222 e. The van der Waals surface area contributed by atoms with Crippen LogP contribution < -0.4 is 23.2 Å². The van der Waals surface area contributed by atoms with Crippen molar-refractivity contribution in [2.24, 2.45) is 0 Å². The van der Waals surface area contributed by atoms with Gasteiger partial charge in [0, 0.05) is 23.3 Å². The summed E-state index contributed by atoms with van der Waals surface area (Å²) >= 11 is 6.04. The molecule has 1 aromatic heterocycles. The van der Waals surface area contributed by atoms with Crippen LogP contribution in [0.1, 0.15) is 28.3 Å². The highest BCUT2D eigenvalue weighted by molar-refractivity contribution is 6.30. The topological polar surface area (TPSA) is 96.1 Å². The maximum atomic E-state index is 8.49. The molecule has 0 saturated carbocycles. The van der Waals surface area contributed by atoms with Gasteiger partial charge in [-0.25, -0.2) is 18.6 Å². The van der Waals surface area contributed by atoms with E-state index in [0.29, 0.717) is 0 Å². The SMILES string of the molecule is Cc1ccc(C(c2ccc(C)cc2)[n+]2ccc(Cl)cc2)cc1.[O-][Cl+3]([O-])([O-])[O-]. The highest BCUT2D eigenvalue weighted by atomic mass is 35.7. The van der Waals surface area contributed by atoms with E-state index in [-0.39, 0.29) is 6.04 Å². The molecule has 0 atom stereocenters. The van der Waals surface area contributed by atoms with Crippen LogP contribution in [0.3, 0.4) is 0 Å². The summed E-state index contributed by atoms with van der Waals surface area (Å²) in [6.45, 7) is 4.22. The number of rotatable bonds is 3. The third kappa shape index (κ3) is 7.27. The Labute approximate surface area is 165 Å². The fraction of sp³-hybridized carbons (Fsp3) is 0.150. The molecule has 3 rings (SSSR count). The summed E-state index contributed by atoms with van der Waals surface area (Å²) < 4.78 is 36.2. The summed E-state index contributed by atoms with van der Waals surface area (Å²) in [4.78, 5) is 0. The molecule has 0 saturated heterocycles. The molecule has 7 heteroatoms. The number of pyridine rings is 1. The summed E-state index contributed by atoms with van der Waals surface area (Å²) in [6.07, 6.45) is 4.07. The van der Waals surface area contributed by atoms with E-state index in [2.05, 4.69) is 66.9 Å². The lowest BCUT2D eigenvalue weighted by Crippen LogP contribution is -2.68. The van der Waals surface area contributed by atoms with Crippen molar-refractivity contribution in [3.8, 4) is 0 Å². The monoisotopic (exact) mass is 407 g/mol. The molecule has 0 aliphatic rings. The van der Waals surface area contributed by atoms with Crippen LogP contribution in [0.4, 0.5) is 0 Å². The van der Waals surface area contributed by atoms with Crippen LogP contribution in [-0.2, 0) is 0 Å². The van der Waals surface area contributed by atoms with Crippen molar-refractivity contribution in [3.05, 3.63) is 100 Å². The quantitative estimate of drug-likeness (QED) is 0.576. The summed E-state index contributed by atoms with van der Waals surface area (Å²) in [5.41, 5.74) is 5.07. The van der Waals surface area contributed by atoms with E-state index in [1.165, 1.54) is 22.3 Å². The van der Waals surface area contributed by atoms with Gasteiger partial charge in [0.2, 0.25) is 6.04 Å². The Hall–Kier alpha value is -1.99. The second-order valence-electron chi connectivity index (χ2n) is 6.07. The molecular formula is C20H19Cl2NO4. The molecule has 142 valence electrons. The standard InChI is InChI=1S/C20H19ClN.ClHO4/c1-15-3-7-17(8-4-15)20(18-9-5-16(2)6-10-18)22-13-11-19(21)12-14-22;2-1(3,4)5/h3-14,20H,1-2H3;(H,2,3,4,5)/q+1;/p-1. The normalized spacial score (nSPS) is 11.1. The van der Waals surface area contributed by atoms with Crippen molar-refractivity contribution >= 4 is 11.6 Å². The number of aromatic nitrogens is 1. The van der Waals surface area contributed by atoms with Gasteiger partial charge >= 0.3 is 0 Å². The van der Waals surface area contributed by atoms with Gasteiger partial charge in [0.05, 0.1) is 5.02 Å². The van der Waals surface area contributed by atoms with Crippen molar-refractivity contribution in [2.45, 2.75) is 19.9 Å². The smallest absolute Gasteiger partial charge is 0.208 e. The highest BCUT2D eigenvalue weighted by Gasteiger charge is 2.23. The largest absolute Gasteiger partial charge is 0.222 e. The Morgan fingerprint density at radius 1 is 0.704 bits per heavy atom. The van der Waals surface area contributed by atoms with E-state index in [9.17, 15) is 0 Å². The van der Waals surface area contributed by atoms with Crippen molar-refractivity contribution in [1.82, 2.24) is 0 Å². The molecule has 0 unspecified atom stereocenters. The van der Waals surface area contributed by atoms with Crippen LogP contribution in [0.5, 0.6) is 0 Å². The molecule has 0 bridgehead atoms. The molecule has 0 N–H and O–H groups in total. The minimum absolute atomic E-state index is 0.151. The van der Waals surface area contributed by atoms with E-state index in [1.54, 1.807) is 0 Å². The van der Waals surface area contributed by atoms with E-state index >= 15 is 0 Å². The molecule has 0 aliphatic carbocycles. The van der Waals surface area contributed by atoms with E-state index < -0.39 is 10.2 Å². The van der Waals surface area contributed by atoms with Crippen LogP contribution in [0.15, 0.2) is 73.1 Å². The first-order valence-corrected chi connectivity index (χ1v) is 9.66. The Balaban J connectivity index is 0.000000465. The Kier molecular flexibility index (Phi) is 7.33. The summed E-state index contributed by atoms with van der Waals surface area (Å²) in [7, 11) is -4.94. The Morgan fingerprint density at radius 3 is 1.37 bits per heavy atom. The van der Waals surface area contributed by atoms with Gasteiger partial charge in [-0.1, -0.05) is 71.3 Å². The third-order valence-corrected chi connectivity index (χ3v) is 4.15. The average molecular weight is 408 g/mol. The number of nitrogens with zero attached hydrogens (tertiary/aromatic N) is 1. The van der Waals surface area contributed by atoms with Crippen LogP contribution in [0.25, 0.3) is 0 Å². The van der Waals surface area contributed by atoms with Gasteiger partial charge in [0.1, 0.15) is 0 Å². The molecule has 0 radical (unpaired) electrons. The number of aryl methyl sites for hydroxylation is 2. The molecule has 0 aliphatic heterocycles. The predicted molar refractivity (Wildman–Crippen MR) is 91.2 cm³/mol. The van der Waals surface area contributed by atoms with Crippen LogP contribution in [-0.4, -0.2) is 0 Å². The first-order valence-electron chi connectivity index (χ1n) is 8.04. The lowest BCUT2D eigenvalue weighted by Gasteiger charge is -2.17. The van der Waals surface area contributed by atoms with Crippen LogP contribution in [0, 0.1) is 24.1 Å². The first kappa shape index (κ1) is 21.3. The zero-order chi connectivity index (χ0) is 20.0. The summed E-state index contributed by atoms with van der Waals surface area (Å²) in [5.74, 6) is 0. The van der Waals surface area contributed by atoms with E-state index in [1.807, 2.05) is 24.5 Å². The molecule has 0 fully saturated rings. The molecule has 2 aromatic carbocycles. The number of halogens is 2.